The van der Waals surface area contributed by atoms with Crippen LogP contribution >= 0.6 is 0 Å². The molecule has 5 heteroatoms. The lowest BCUT2D eigenvalue weighted by Gasteiger charge is -2.42. The second kappa shape index (κ2) is 5.57. The molecule has 19 heavy (non-hydrogen) atoms. The Balaban J connectivity index is 2.51. The smallest absolute Gasteiger partial charge is 0.292 e. The average Bonchev–Trinajstić information content (AvgIpc) is 2.38. The fraction of sp³-hybridized carbons (Fsp3) is 0.571. The van der Waals surface area contributed by atoms with Gasteiger partial charge in [0, 0.05) is 24.7 Å². The third-order valence-electron chi connectivity index (χ3n) is 3.97. The Hall–Kier alpha value is -1.62. The van der Waals surface area contributed by atoms with Gasteiger partial charge in [0.2, 0.25) is 0 Å². The Morgan fingerprint density at radius 2 is 2.21 bits per heavy atom. The number of nitro benzene ring substituents is 1. The summed E-state index contributed by atoms with van der Waals surface area (Å²) in [5.74, 6) is 0. The van der Waals surface area contributed by atoms with Crippen molar-refractivity contribution in [1.29, 1.82) is 0 Å². The zero-order valence-corrected chi connectivity index (χ0v) is 11.5. The molecule has 1 aromatic carbocycles. The van der Waals surface area contributed by atoms with Gasteiger partial charge in [0.15, 0.2) is 0 Å². The predicted molar refractivity (Wildman–Crippen MR) is 76.5 cm³/mol. The Labute approximate surface area is 113 Å². The van der Waals surface area contributed by atoms with E-state index in [9.17, 15) is 10.1 Å². The second-order valence-electron chi connectivity index (χ2n) is 5.28. The number of rotatable bonds is 3. The van der Waals surface area contributed by atoms with Gasteiger partial charge in [-0.15, -0.1) is 0 Å². The van der Waals surface area contributed by atoms with Gasteiger partial charge in [0.05, 0.1) is 4.92 Å². The van der Waals surface area contributed by atoms with Crippen molar-refractivity contribution in [2.75, 3.05) is 11.4 Å². The molecule has 2 unspecified atom stereocenters. The summed E-state index contributed by atoms with van der Waals surface area (Å²) in [7, 11) is 0. The van der Waals surface area contributed by atoms with E-state index in [1.54, 1.807) is 12.1 Å². The molecular formula is C14H21N3O2. The van der Waals surface area contributed by atoms with Gasteiger partial charge in [-0.05, 0) is 38.7 Å². The van der Waals surface area contributed by atoms with Gasteiger partial charge in [0.25, 0.3) is 5.69 Å². The van der Waals surface area contributed by atoms with E-state index >= 15 is 0 Å². The maximum Gasteiger partial charge on any atom is 0.292 e. The molecule has 1 fully saturated rings. The standard InChI is InChI=1S/C14H21N3O2/c1-10-5-3-8-13(17(18)19)14(10)16-11(2)6-4-7-12(16)9-15/h3,5,8,11-12H,4,6-7,9,15H2,1-2H3. The fourth-order valence-corrected chi connectivity index (χ4v) is 3.05. The molecule has 0 spiro atoms. The van der Waals surface area contributed by atoms with Crippen LogP contribution < -0.4 is 10.6 Å². The summed E-state index contributed by atoms with van der Waals surface area (Å²) in [6, 6.07) is 5.74. The Morgan fingerprint density at radius 1 is 1.47 bits per heavy atom. The van der Waals surface area contributed by atoms with E-state index in [-0.39, 0.29) is 16.7 Å². The van der Waals surface area contributed by atoms with Crippen LogP contribution in [0.5, 0.6) is 0 Å². The van der Waals surface area contributed by atoms with Gasteiger partial charge >= 0.3 is 0 Å². The minimum atomic E-state index is -0.294. The molecular weight excluding hydrogens is 242 g/mol. The molecule has 0 aliphatic carbocycles. The number of nitrogens with zero attached hydrogens (tertiary/aromatic N) is 2. The van der Waals surface area contributed by atoms with Crippen molar-refractivity contribution in [2.45, 2.75) is 45.2 Å². The molecule has 1 heterocycles. The van der Waals surface area contributed by atoms with E-state index in [1.807, 2.05) is 13.0 Å². The topological polar surface area (TPSA) is 72.4 Å². The molecule has 2 rings (SSSR count). The van der Waals surface area contributed by atoms with Crippen molar-refractivity contribution in [3.8, 4) is 0 Å². The monoisotopic (exact) mass is 263 g/mol. The van der Waals surface area contributed by atoms with Crippen LogP contribution in [-0.4, -0.2) is 23.6 Å². The predicted octanol–water partition coefficient (Wildman–Crippen LogP) is 2.61. The van der Waals surface area contributed by atoms with Crippen LogP contribution in [0.2, 0.25) is 0 Å². The molecule has 1 saturated heterocycles. The third-order valence-corrected chi connectivity index (χ3v) is 3.97. The van der Waals surface area contributed by atoms with Crippen LogP contribution in [0, 0.1) is 17.0 Å². The number of hydrogen-bond donors (Lipinski definition) is 1. The lowest BCUT2D eigenvalue weighted by Crippen LogP contribution is -2.49. The van der Waals surface area contributed by atoms with Crippen molar-refractivity contribution >= 4 is 11.4 Å². The maximum atomic E-state index is 11.3. The van der Waals surface area contributed by atoms with Gasteiger partial charge < -0.3 is 10.6 Å². The Bertz CT molecular complexity index is 476. The van der Waals surface area contributed by atoms with Crippen molar-refractivity contribution in [1.82, 2.24) is 0 Å². The van der Waals surface area contributed by atoms with Crippen LogP contribution in [0.4, 0.5) is 11.4 Å². The summed E-state index contributed by atoms with van der Waals surface area (Å²) >= 11 is 0. The molecule has 0 amide bonds. The molecule has 1 aliphatic heterocycles. The molecule has 0 aromatic heterocycles. The summed E-state index contributed by atoms with van der Waals surface area (Å²) in [4.78, 5) is 13.1. The van der Waals surface area contributed by atoms with E-state index < -0.39 is 0 Å². The normalized spacial score (nSPS) is 23.4. The first-order valence-corrected chi connectivity index (χ1v) is 6.78. The minimum absolute atomic E-state index is 0.187. The molecule has 0 saturated carbocycles. The van der Waals surface area contributed by atoms with Crippen molar-refractivity contribution in [3.05, 3.63) is 33.9 Å². The van der Waals surface area contributed by atoms with Gasteiger partial charge in [-0.1, -0.05) is 12.1 Å². The SMILES string of the molecule is Cc1cccc([N+](=O)[O-])c1N1C(C)CCCC1CN. The Morgan fingerprint density at radius 3 is 2.84 bits per heavy atom. The van der Waals surface area contributed by atoms with Crippen LogP contribution in [-0.2, 0) is 0 Å². The molecule has 1 aromatic rings. The lowest BCUT2D eigenvalue weighted by molar-refractivity contribution is -0.384. The highest BCUT2D eigenvalue weighted by Gasteiger charge is 2.32. The van der Waals surface area contributed by atoms with E-state index in [0.29, 0.717) is 12.6 Å². The highest BCUT2D eigenvalue weighted by molar-refractivity contribution is 5.69. The van der Waals surface area contributed by atoms with Crippen molar-refractivity contribution in [2.24, 2.45) is 5.73 Å². The number of anilines is 1. The molecule has 5 nitrogen and oxygen atoms in total. The van der Waals surface area contributed by atoms with E-state index in [2.05, 4.69) is 11.8 Å². The minimum Gasteiger partial charge on any atom is -0.359 e. The van der Waals surface area contributed by atoms with Gasteiger partial charge in [-0.2, -0.15) is 0 Å². The first kappa shape index (κ1) is 13.8. The largest absolute Gasteiger partial charge is 0.359 e. The quantitative estimate of drug-likeness (QED) is 0.672. The fourth-order valence-electron chi connectivity index (χ4n) is 3.05. The Kier molecular flexibility index (Phi) is 4.04. The second-order valence-corrected chi connectivity index (χ2v) is 5.28. The number of hydrogen-bond acceptors (Lipinski definition) is 4. The number of nitro groups is 1. The number of nitrogens with two attached hydrogens (primary N) is 1. The highest BCUT2D eigenvalue weighted by Crippen LogP contribution is 2.37. The van der Waals surface area contributed by atoms with E-state index in [4.69, 9.17) is 5.73 Å². The van der Waals surface area contributed by atoms with Gasteiger partial charge in [0.1, 0.15) is 5.69 Å². The number of piperidine rings is 1. The number of benzene rings is 1. The zero-order valence-electron chi connectivity index (χ0n) is 11.5. The molecule has 0 bridgehead atoms. The number of para-hydroxylation sites is 1. The number of aryl methyl sites for hydroxylation is 1. The van der Waals surface area contributed by atoms with Crippen LogP contribution in [0.3, 0.4) is 0 Å². The third kappa shape index (κ3) is 2.56. The summed E-state index contributed by atoms with van der Waals surface area (Å²) in [5, 5.41) is 11.3. The molecule has 0 radical (unpaired) electrons. The van der Waals surface area contributed by atoms with E-state index in [1.165, 1.54) is 0 Å². The molecule has 104 valence electrons. The van der Waals surface area contributed by atoms with Gasteiger partial charge in [-0.25, -0.2) is 0 Å². The van der Waals surface area contributed by atoms with Crippen molar-refractivity contribution < 1.29 is 4.92 Å². The summed E-state index contributed by atoms with van der Waals surface area (Å²) < 4.78 is 0. The average molecular weight is 263 g/mol. The van der Waals surface area contributed by atoms with E-state index in [0.717, 1.165) is 30.5 Å². The zero-order chi connectivity index (χ0) is 14.0. The first-order valence-electron chi connectivity index (χ1n) is 6.78. The van der Waals surface area contributed by atoms with Crippen molar-refractivity contribution in [3.63, 3.8) is 0 Å². The molecule has 1 aliphatic rings. The van der Waals surface area contributed by atoms with Crippen LogP contribution in [0.15, 0.2) is 18.2 Å². The summed E-state index contributed by atoms with van der Waals surface area (Å²) in [6.45, 7) is 4.59. The molecule has 2 atom stereocenters. The summed E-state index contributed by atoms with van der Waals surface area (Å²) in [6.07, 6.45) is 3.20. The van der Waals surface area contributed by atoms with Crippen LogP contribution in [0.1, 0.15) is 31.7 Å². The van der Waals surface area contributed by atoms with Gasteiger partial charge in [-0.3, -0.25) is 10.1 Å². The lowest BCUT2D eigenvalue weighted by atomic mass is 9.94. The summed E-state index contributed by atoms with van der Waals surface area (Å²) in [5.41, 5.74) is 7.74. The maximum absolute atomic E-state index is 11.3. The highest BCUT2D eigenvalue weighted by atomic mass is 16.6. The first-order chi connectivity index (χ1) is 9.06. The molecule has 2 N–H and O–H groups in total. The van der Waals surface area contributed by atoms with Crippen LogP contribution in [0.25, 0.3) is 0 Å².